The summed E-state index contributed by atoms with van der Waals surface area (Å²) in [5.41, 5.74) is 0.696. The van der Waals surface area contributed by atoms with Crippen molar-refractivity contribution in [1.29, 1.82) is 0 Å². The van der Waals surface area contributed by atoms with Crippen molar-refractivity contribution in [2.24, 2.45) is 5.92 Å². The fraction of sp³-hybridized carbons (Fsp3) is 0.519. The third kappa shape index (κ3) is 7.93. The van der Waals surface area contributed by atoms with Crippen molar-refractivity contribution in [1.82, 2.24) is 40.8 Å². The van der Waals surface area contributed by atoms with E-state index in [2.05, 4.69) is 36.0 Å². The van der Waals surface area contributed by atoms with Crippen molar-refractivity contribution >= 4 is 12.0 Å². The molecule has 214 valence electrons. The standard InChI is InChI=1S/C27H35FN8O4/c1-16-30-21(13-22(31-16)25(37)29-14-18-8-11-20(28)23(12-18)39-5)24-33-35-36(34-24)15-17-6-9-19(10-7-17)32-26(38)40-27(2,3)4/h8,11-13,17,19H,6-7,9-10,14-15H2,1-5H3,(H,29,37)(H,32,38). The largest absolute Gasteiger partial charge is 0.494 e. The van der Waals surface area contributed by atoms with E-state index >= 15 is 0 Å². The van der Waals surface area contributed by atoms with E-state index in [-0.39, 0.29) is 30.1 Å². The number of halogens is 1. The number of ether oxygens (including phenoxy) is 2. The molecule has 0 bridgehead atoms. The van der Waals surface area contributed by atoms with E-state index in [1.165, 1.54) is 25.3 Å². The Labute approximate surface area is 232 Å². The van der Waals surface area contributed by atoms with Gasteiger partial charge in [0.05, 0.1) is 13.7 Å². The number of carbonyl (C=O) groups is 2. The molecule has 0 aliphatic heterocycles. The zero-order chi connectivity index (χ0) is 28.9. The maximum Gasteiger partial charge on any atom is 0.407 e. The van der Waals surface area contributed by atoms with E-state index in [1.54, 1.807) is 17.8 Å². The molecule has 1 fully saturated rings. The molecule has 2 amide bonds. The monoisotopic (exact) mass is 554 g/mol. The predicted molar refractivity (Wildman–Crippen MR) is 143 cm³/mol. The van der Waals surface area contributed by atoms with Gasteiger partial charge in [-0.2, -0.15) is 4.80 Å². The summed E-state index contributed by atoms with van der Waals surface area (Å²) in [6, 6.07) is 5.99. The van der Waals surface area contributed by atoms with Crippen molar-refractivity contribution < 1.29 is 23.5 Å². The van der Waals surface area contributed by atoms with Crippen LogP contribution >= 0.6 is 0 Å². The molecular formula is C27H35FN8O4. The highest BCUT2D eigenvalue weighted by Gasteiger charge is 2.26. The number of carbonyl (C=O) groups excluding carboxylic acids is 2. The number of nitrogens with zero attached hydrogens (tertiary/aromatic N) is 6. The second-order valence-corrected chi connectivity index (χ2v) is 10.9. The lowest BCUT2D eigenvalue weighted by molar-refractivity contribution is 0.0485. The van der Waals surface area contributed by atoms with Gasteiger partial charge < -0.3 is 20.1 Å². The van der Waals surface area contributed by atoms with Gasteiger partial charge in [-0.3, -0.25) is 4.79 Å². The quantitative estimate of drug-likeness (QED) is 0.426. The third-order valence-corrected chi connectivity index (χ3v) is 6.41. The van der Waals surface area contributed by atoms with Crippen LogP contribution < -0.4 is 15.4 Å². The first-order valence-corrected chi connectivity index (χ1v) is 13.2. The van der Waals surface area contributed by atoms with Crippen molar-refractivity contribution in [3.05, 3.63) is 47.2 Å². The highest BCUT2D eigenvalue weighted by atomic mass is 19.1. The van der Waals surface area contributed by atoms with Gasteiger partial charge in [-0.25, -0.2) is 19.2 Å². The molecule has 0 atom stereocenters. The summed E-state index contributed by atoms with van der Waals surface area (Å²) >= 11 is 0. The molecule has 2 aromatic heterocycles. The molecule has 12 nitrogen and oxygen atoms in total. The smallest absolute Gasteiger partial charge is 0.407 e. The molecule has 0 spiro atoms. The van der Waals surface area contributed by atoms with Crippen molar-refractivity contribution in [2.75, 3.05) is 7.11 Å². The zero-order valence-corrected chi connectivity index (χ0v) is 23.4. The van der Waals surface area contributed by atoms with Crippen LogP contribution in [0, 0.1) is 18.7 Å². The highest BCUT2D eigenvalue weighted by molar-refractivity contribution is 5.93. The molecule has 1 aliphatic rings. The first-order valence-electron chi connectivity index (χ1n) is 13.2. The maximum atomic E-state index is 13.7. The fourth-order valence-electron chi connectivity index (χ4n) is 4.50. The molecule has 3 aromatic rings. The average Bonchev–Trinajstić information content (AvgIpc) is 3.36. The van der Waals surface area contributed by atoms with Gasteiger partial charge in [-0.05, 0) is 88.3 Å². The lowest BCUT2D eigenvalue weighted by atomic mass is 9.86. The number of benzene rings is 1. The summed E-state index contributed by atoms with van der Waals surface area (Å²) < 4.78 is 24.0. The second-order valence-electron chi connectivity index (χ2n) is 10.9. The van der Waals surface area contributed by atoms with Gasteiger partial charge in [0.25, 0.3) is 5.91 Å². The van der Waals surface area contributed by atoms with Crippen LogP contribution in [0.15, 0.2) is 24.3 Å². The molecule has 4 rings (SSSR count). The zero-order valence-electron chi connectivity index (χ0n) is 23.4. The molecule has 2 heterocycles. The van der Waals surface area contributed by atoms with Crippen LogP contribution in [-0.4, -0.2) is 60.9 Å². The molecule has 40 heavy (non-hydrogen) atoms. The molecular weight excluding hydrogens is 519 g/mol. The summed E-state index contributed by atoms with van der Waals surface area (Å²) in [5, 5.41) is 18.5. The Hall–Kier alpha value is -4.16. The van der Waals surface area contributed by atoms with Crippen LogP contribution in [0.5, 0.6) is 5.75 Å². The van der Waals surface area contributed by atoms with E-state index in [4.69, 9.17) is 9.47 Å². The molecule has 1 aliphatic carbocycles. The number of rotatable bonds is 8. The number of tetrazole rings is 1. The molecule has 0 unspecified atom stereocenters. The number of hydrogen-bond donors (Lipinski definition) is 2. The van der Waals surface area contributed by atoms with E-state index < -0.39 is 17.3 Å². The third-order valence-electron chi connectivity index (χ3n) is 6.41. The minimum Gasteiger partial charge on any atom is -0.494 e. The Balaban J connectivity index is 1.32. The lowest BCUT2D eigenvalue weighted by Crippen LogP contribution is -2.41. The number of nitrogens with one attached hydrogen (secondary N) is 2. The first-order chi connectivity index (χ1) is 19.0. The Morgan fingerprint density at radius 3 is 2.58 bits per heavy atom. The molecule has 1 aromatic carbocycles. The van der Waals surface area contributed by atoms with Gasteiger partial charge in [0, 0.05) is 12.6 Å². The number of alkyl carbamates (subject to hydrolysis) is 1. The van der Waals surface area contributed by atoms with E-state index in [0.29, 0.717) is 35.4 Å². The molecule has 1 saturated carbocycles. The normalized spacial score (nSPS) is 17.2. The molecule has 2 N–H and O–H groups in total. The van der Waals surface area contributed by atoms with Crippen LogP contribution in [0.25, 0.3) is 11.5 Å². The lowest BCUT2D eigenvalue weighted by Gasteiger charge is -2.29. The van der Waals surface area contributed by atoms with Crippen LogP contribution in [0.2, 0.25) is 0 Å². The number of aryl methyl sites for hydroxylation is 1. The number of hydrogen-bond acceptors (Lipinski definition) is 9. The Kier molecular flexibility index (Phi) is 8.90. The first kappa shape index (κ1) is 28.8. The van der Waals surface area contributed by atoms with Gasteiger partial charge in [0.2, 0.25) is 5.82 Å². The number of aromatic nitrogens is 6. The van der Waals surface area contributed by atoms with Gasteiger partial charge in [0.15, 0.2) is 11.6 Å². The molecule has 0 saturated heterocycles. The summed E-state index contributed by atoms with van der Waals surface area (Å²) in [7, 11) is 1.38. The minimum absolute atomic E-state index is 0.0871. The van der Waals surface area contributed by atoms with Crippen LogP contribution in [0.1, 0.15) is 68.3 Å². The van der Waals surface area contributed by atoms with Gasteiger partial charge >= 0.3 is 6.09 Å². The average molecular weight is 555 g/mol. The Bertz CT molecular complexity index is 1350. The van der Waals surface area contributed by atoms with Crippen LogP contribution in [0.4, 0.5) is 9.18 Å². The van der Waals surface area contributed by atoms with E-state index in [9.17, 15) is 14.0 Å². The summed E-state index contributed by atoms with van der Waals surface area (Å²) in [6.45, 7) is 7.96. The van der Waals surface area contributed by atoms with Crippen molar-refractivity contribution in [3.63, 3.8) is 0 Å². The Morgan fingerprint density at radius 2 is 1.88 bits per heavy atom. The summed E-state index contributed by atoms with van der Waals surface area (Å²) in [6.07, 6.45) is 3.13. The number of amides is 2. The highest BCUT2D eigenvalue weighted by Crippen LogP contribution is 2.26. The fourth-order valence-corrected chi connectivity index (χ4v) is 4.50. The van der Waals surface area contributed by atoms with Crippen LogP contribution in [0.3, 0.4) is 0 Å². The van der Waals surface area contributed by atoms with Crippen molar-refractivity contribution in [3.8, 4) is 17.3 Å². The van der Waals surface area contributed by atoms with Gasteiger partial charge in [-0.15, -0.1) is 10.2 Å². The van der Waals surface area contributed by atoms with E-state index in [0.717, 1.165) is 25.7 Å². The van der Waals surface area contributed by atoms with Crippen molar-refractivity contribution in [2.45, 2.75) is 78.1 Å². The topological polar surface area (TPSA) is 146 Å². The second kappa shape index (κ2) is 12.3. The maximum absolute atomic E-state index is 13.7. The van der Waals surface area contributed by atoms with E-state index in [1.807, 2.05) is 20.8 Å². The van der Waals surface area contributed by atoms with Gasteiger partial charge in [-0.1, -0.05) is 6.07 Å². The molecule has 0 radical (unpaired) electrons. The Morgan fingerprint density at radius 1 is 1.12 bits per heavy atom. The number of methoxy groups -OCH3 is 1. The minimum atomic E-state index is -0.525. The van der Waals surface area contributed by atoms with Gasteiger partial charge in [0.1, 0.15) is 22.8 Å². The molecule has 13 heteroatoms. The summed E-state index contributed by atoms with van der Waals surface area (Å²) in [4.78, 5) is 35.0. The SMILES string of the molecule is COc1cc(CNC(=O)c2cc(-c3nnn(CC4CCC(NC(=O)OC(C)(C)C)CC4)n3)nc(C)n2)ccc1F. The van der Waals surface area contributed by atoms with Crippen LogP contribution in [-0.2, 0) is 17.8 Å². The summed E-state index contributed by atoms with van der Waals surface area (Å²) in [5.74, 6) is 0.238. The predicted octanol–water partition coefficient (Wildman–Crippen LogP) is 3.60.